The van der Waals surface area contributed by atoms with Gasteiger partial charge in [-0.2, -0.15) is 0 Å². The summed E-state index contributed by atoms with van der Waals surface area (Å²) >= 11 is 0. The summed E-state index contributed by atoms with van der Waals surface area (Å²) in [5.74, 6) is -0.410. The topological polar surface area (TPSA) is 64.7 Å². The fourth-order valence-corrected chi connectivity index (χ4v) is 3.17. The van der Waals surface area contributed by atoms with Gasteiger partial charge in [0.2, 0.25) is 0 Å². The molecule has 6 nitrogen and oxygen atoms in total. The van der Waals surface area contributed by atoms with Crippen molar-refractivity contribution in [2.75, 3.05) is 43.4 Å². The highest BCUT2D eigenvalue weighted by Gasteiger charge is 2.15. The highest BCUT2D eigenvalue weighted by molar-refractivity contribution is 6.06. The quantitative estimate of drug-likeness (QED) is 0.837. The zero-order chi connectivity index (χ0) is 20.1. The fraction of sp³-hybridized carbons (Fsp3) is 0.364. The van der Waals surface area contributed by atoms with Crippen molar-refractivity contribution >= 4 is 23.2 Å². The van der Waals surface area contributed by atoms with Gasteiger partial charge in [0.25, 0.3) is 11.8 Å². The Morgan fingerprint density at radius 1 is 0.893 bits per heavy atom. The number of hydrogen-bond acceptors (Lipinski definition) is 4. The van der Waals surface area contributed by atoms with E-state index >= 15 is 0 Å². The Kier molecular flexibility index (Phi) is 6.31. The lowest BCUT2D eigenvalue weighted by atomic mass is 10.1. The molecular formula is C22H28N4O2. The zero-order valence-corrected chi connectivity index (χ0v) is 16.7. The van der Waals surface area contributed by atoms with Crippen LogP contribution in [0, 0.1) is 0 Å². The Labute approximate surface area is 166 Å². The second-order valence-electron chi connectivity index (χ2n) is 7.50. The van der Waals surface area contributed by atoms with E-state index in [1.54, 1.807) is 24.3 Å². The summed E-state index contributed by atoms with van der Waals surface area (Å²) in [6.45, 7) is 7.93. The van der Waals surface area contributed by atoms with E-state index in [-0.39, 0.29) is 17.9 Å². The number of nitrogens with zero attached hydrogens (tertiary/aromatic N) is 2. The SMILES string of the molecule is CC(C)NC(=O)c1cccc(C(=O)Nc2ccc(N3CCN(C)CC3)cc2)c1. The van der Waals surface area contributed by atoms with Gasteiger partial charge in [-0.3, -0.25) is 9.59 Å². The van der Waals surface area contributed by atoms with Crippen LogP contribution in [0.1, 0.15) is 34.6 Å². The third-order valence-corrected chi connectivity index (χ3v) is 4.80. The predicted molar refractivity (Wildman–Crippen MR) is 113 cm³/mol. The Hall–Kier alpha value is -2.86. The van der Waals surface area contributed by atoms with Crippen LogP contribution in [0.5, 0.6) is 0 Å². The lowest BCUT2D eigenvalue weighted by molar-refractivity contribution is 0.0943. The van der Waals surface area contributed by atoms with Crippen LogP contribution < -0.4 is 15.5 Å². The first-order chi connectivity index (χ1) is 13.4. The van der Waals surface area contributed by atoms with Gasteiger partial charge in [0.1, 0.15) is 0 Å². The van der Waals surface area contributed by atoms with Crippen LogP contribution in [0.4, 0.5) is 11.4 Å². The molecule has 0 atom stereocenters. The number of piperazine rings is 1. The molecule has 0 spiro atoms. The van der Waals surface area contributed by atoms with Crippen LogP contribution in [-0.2, 0) is 0 Å². The Bertz CT molecular complexity index is 825. The first-order valence-corrected chi connectivity index (χ1v) is 9.68. The molecule has 6 heteroatoms. The third kappa shape index (κ3) is 5.10. The molecule has 0 unspecified atom stereocenters. The Balaban J connectivity index is 1.64. The predicted octanol–water partition coefficient (Wildman–Crippen LogP) is 2.83. The van der Waals surface area contributed by atoms with Crippen molar-refractivity contribution in [1.82, 2.24) is 10.2 Å². The first-order valence-electron chi connectivity index (χ1n) is 9.68. The van der Waals surface area contributed by atoms with Crippen molar-refractivity contribution in [3.8, 4) is 0 Å². The maximum atomic E-state index is 12.6. The number of likely N-dealkylation sites (N-methyl/N-ethyl adjacent to an activating group) is 1. The first kappa shape index (κ1) is 19.9. The summed E-state index contributed by atoms with van der Waals surface area (Å²) in [5.41, 5.74) is 2.84. The number of carbonyl (C=O) groups excluding carboxylic acids is 2. The van der Waals surface area contributed by atoms with Gasteiger partial charge >= 0.3 is 0 Å². The van der Waals surface area contributed by atoms with Gasteiger partial charge in [-0.25, -0.2) is 0 Å². The van der Waals surface area contributed by atoms with Gasteiger partial charge in [-0.05, 0) is 63.4 Å². The molecule has 1 saturated heterocycles. The van der Waals surface area contributed by atoms with Crippen LogP contribution in [0.15, 0.2) is 48.5 Å². The van der Waals surface area contributed by atoms with E-state index in [0.717, 1.165) is 31.9 Å². The lowest BCUT2D eigenvalue weighted by Gasteiger charge is -2.34. The smallest absolute Gasteiger partial charge is 0.255 e. The molecule has 0 saturated carbocycles. The van der Waals surface area contributed by atoms with Crippen molar-refractivity contribution < 1.29 is 9.59 Å². The summed E-state index contributed by atoms with van der Waals surface area (Å²) in [5, 5.41) is 5.74. The summed E-state index contributed by atoms with van der Waals surface area (Å²) < 4.78 is 0. The average Bonchev–Trinajstić information content (AvgIpc) is 2.69. The van der Waals surface area contributed by atoms with Crippen molar-refractivity contribution in [1.29, 1.82) is 0 Å². The highest BCUT2D eigenvalue weighted by Crippen LogP contribution is 2.20. The monoisotopic (exact) mass is 380 g/mol. The highest BCUT2D eigenvalue weighted by atomic mass is 16.2. The molecule has 0 aliphatic carbocycles. The number of rotatable bonds is 5. The molecule has 1 fully saturated rings. The minimum atomic E-state index is -0.230. The van der Waals surface area contributed by atoms with Crippen LogP contribution in [-0.4, -0.2) is 56.0 Å². The molecule has 0 aromatic heterocycles. The zero-order valence-electron chi connectivity index (χ0n) is 16.7. The molecule has 148 valence electrons. The van der Waals surface area contributed by atoms with Gasteiger partial charge in [0.05, 0.1) is 0 Å². The van der Waals surface area contributed by atoms with Crippen LogP contribution in [0.3, 0.4) is 0 Å². The number of benzene rings is 2. The van der Waals surface area contributed by atoms with Gasteiger partial charge < -0.3 is 20.4 Å². The second kappa shape index (κ2) is 8.89. The molecule has 3 rings (SSSR count). The van der Waals surface area contributed by atoms with Crippen LogP contribution in [0.25, 0.3) is 0 Å². The maximum Gasteiger partial charge on any atom is 0.255 e. The number of nitrogens with one attached hydrogen (secondary N) is 2. The van der Waals surface area contributed by atoms with Crippen molar-refractivity contribution in [2.24, 2.45) is 0 Å². The second-order valence-corrected chi connectivity index (χ2v) is 7.50. The molecule has 2 N–H and O–H groups in total. The van der Waals surface area contributed by atoms with Gasteiger partial charge in [0.15, 0.2) is 0 Å². The Morgan fingerprint density at radius 2 is 1.50 bits per heavy atom. The van der Waals surface area contributed by atoms with Gasteiger partial charge in [0, 0.05) is 54.7 Å². The maximum absolute atomic E-state index is 12.6. The molecule has 0 bridgehead atoms. The minimum absolute atomic E-state index is 0.0452. The Morgan fingerprint density at radius 3 is 2.11 bits per heavy atom. The minimum Gasteiger partial charge on any atom is -0.369 e. The summed E-state index contributed by atoms with van der Waals surface area (Å²) in [6, 6.07) is 14.7. The van der Waals surface area contributed by atoms with E-state index in [2.05, 4.69) is 27.5 Å². The lowest BCUT2D eigenvalue weighted by Crippen LogP contribution is -2.44. The van der Waals surface area contributed by atoms with Crippen molar-refractivity contribution in [2.45, 2.75) is 19.9 Å². The van der Waals surface area contributed by atoms with Crippen LogP contribution in [0.2, 0.25) is 0 Å². The molecule has 28 heavy (non-hydrogen) atoms. The summed E-state index contributed by atoms with van der Waals surface area (Å²) in [4.78, 5) is 29.4. The average molecular weight is 380 g/mol. The number of hydrogen-bond donors (Lipinski definition) is 2. The van der Waals surface area contributed by atoms with E-state index < -0.39 is 0 Å². The molecule has 2 aromatic carbocycles. The largest absolute Gasteiger partial charge is 0.369 e. The van der Waals surface area contributed by atoms with Crippen molar-refractivity contribution in [3.05, 3.63) is 59.7 Å². The van der Waals surface area contributed by atoms with E-state index in [9.17, 15) is 9.59 Å². The van der Waals surface area contributed by atoms with Gasteiger partial charge in [-0.15, -0.1) is 0 Å². The summed E-state index contributed by atoms with van der Waals surface area (Å²) in [6.07, 6.45) is 0. The number of carbonyl (C=O) groups is 2. The van der Waals surface area contributed by atoms with Crippen LogP contribution >= 0.6 is 0 Å². The van der Waals surface area contributed by atoms with Gasteiger partial charge in [-0.1, -0.05) is 6.07 Å². The van der Waals surface area contributed by atoms with E-state index in [1.807, 2.05) is 38.1 Å². The molecule has 1 aliphatic heterocycles. The third-order valence-electron chi connectivity index (χ3n) is 4.80. The number of anilines is 2. The molecule has 2 amide bonds. The van der Waals surface area contributed by atoms with E-state index in [0.29, 0.717) is 11.1 Å². The normalized spacial score (nSPS) is 14.8. The number of amides is 2. The standard InChI is InChI=1S/C22H28N4O2/c1-16(2)23-21(27)17-5-4-6-18(15-17)22(28)24-19-7-9-20(10-8-19)26-13-11-25(3)12-14-26/h4-10,15-16H,11-14H2,1-3H3,(H,23,27)(H,24,28). The fourth-order valence-electron chi connectivity index (χ4n) is 3.17. The summed E-state index contributed by atoms with van der Waals surface area (Å²) in [7, 11) is 2.14. The van der Waals surface area contributed by atoms with E-state index in [4.69, 9.17) is 0 Å². The molecule has 2 aromatic rings. The molecule has 1 heterocycles. The molecular weight excluding hydrogens is 352 g/mol. The molecule has 1 aliphatic rings. The van der Waals surface area contributed by atoms with Crippen molar-refractivity contribution in [3.63, 3.8) is 0 Å². The van der Waals surface area contributed by atoms with E-state index in [1.165, 1.54) is 5.69 Å². The molecule has 0 radical (unpaired) electrons.